The van der Waals surface area contributed by atoms with E-state index >= 15 is 0 Å². The normalized spacial score (nSPS) is 21.9. The fourth-order valence-electron chi connectivity index (χ4n) is 2.67. The van der Waals surface area contributed by atoms with Gasteiger partial charge in [-0.2, -0.15) is 5.26 Å². The van der Waals surface area contributed by atoms with Gasteiger partial charge in [0.2, 0.25) is 0 Å². The molecule has 5 heteroatoms. The number of hydrogen-bond acceptors (Lipinski definition) is 3. The predicted molar refractivity (Wildman–Crippen MR) is 72.2 cm³/mol. The van der Waals surface area contributed by atoms with Crippen LogP contribution in [0.5, 0.6) is 0 Å². The van der Waals surface area contributed by atoms with E-state index in [2.05, 4.69) is 6.07 Å². The minimum Gasteiger partial charge on any atom is -0.479 e. The molecule has 102 valence electrons. The van der Waals surface area contributed by atoms with Crippen molar-refractivity contribution in [3.05, 3.63) is 36.0 Å². The van der Waals surface area contributed by atoms with E-state index in [0.29, 0.717) is 18.5 Å². The molecular weight excluding hydrogens is 256 g/mol. The van der Waals surface area contributed by atoms with Gasteiger partial charge < -0.3 is 14.4 Å². The quantitative estimate of drug-likeness (QED) is 0.927. The molecule has 2 heterocycles. The van der Waals surface area contributed by atoms with Crippen LogP contribution in [0.3, 0.4) is 0 Å². The maximum atomic E-state index is 10.9. The zero-order valence-corrected chi connectivity index (χ0v) is 10.8. The molecular formula is C15H14N2O3. The Bertz CT molecular complexity index is 699. The molecule has 2 unspecified atom stereocenters. The molecule has 1 aliphatic heterocycles. The maximum Gasteiger partial charge on any atom is 0.332 e. The molecule has 3 rings (SSSR count). The van der Waals surface area contributed by atoms with E-state index in [0.717, 1.165) is 17.3 Å². The van der Waals surface area contributed by atoms with Crippen LogP contribution in [0.25, 0.3) is 10.9 Å². The van der Waals surface area contributed by atoms with E-state index in [9.17, 15) is 4.79 Å². The molecule has 5 nitrogen and oxygen atoms in total. The molecule has 1 fully saturated rings. The molecule has 0 spiro atoms. The van der Waals surface area contributed by atoms with Gasteiger partial charge in [-0.1, -0.05) is 0 Å². The van der Waals surface area contributed by atoms with E-state index in [4.69, 9.17) is 15.1 Å². The van der Waals surface area contributed by atoms with Crippen molar-refractivity contribution in [2.75, 3.05) is 0 Å². The Morgan fingerprint density at radius 2 is 2.30 bits per heavy atom. The van der Waals surface area contributed by atoms with Gasteiger partial charge in [0.25, 0.3) is 0 Å². The molecule has 0 saturated carbocycles. The molecule has 0 aliphatic carbocycles. The third kappa shape index (κ3) is 2.26. The van der Waals surface area contributed by atoms with Crippen molar-refractivity contribution in [2.24, 2.45) is 0 Å². The van der Waals surface area contributed by atoms with Crippen LogP contribution in [-0.4, -0.2) is 27.9 Å². The van der Waals surface area contributed by atoms with E-state index in [1.165, 1.54) is 0 Å². The van der Waals surface area contributed by atoms with E-state index in [1.807, 2.05) is 29.0 Å². The van der Waals surface area contributed by atoms with Crippen LogP contribution in [-0.2, 0) is 16.1 Å². The number of rotatable bonds is 3. The van der Waals surface area contributed by atoms with Crippen LogP contribution in [0.2, 0.25) is 0 Å². The van der Waals surface area contributed by atoms with Crippen molar-refractivity contribution in [3.8, 4) is 6.07 Å². The van der Waals surface area contributed by atoms with Gasteiger partial charge in [0, 0.05) is 23.6 Å². The molecule has 1 aromatic heterocycles. The average Bonchev–Trinajstić information content (AvgIpc) is 3.06. The zero-order chi connectivity index (χ0) is 14.1. The predicted octanol–water partition coefficient (Wildman–Crippen LogP) is 2.15. The number of nitrogens with zero attached hydrogens (tertiary/aromatic N) is 2. The monoisotopic (exact) mass is 270 g/mol. The molecule has 1 saturated heterocycles. The summed E-state index contributed by atoms with van der Waals surface area (Å²) in [4.78, 5) is 10.9. The molecule has 1 N–H and O–H groups in total. The van der Waals surface area contributed by atoms with Gasteiger partial charge in [0.1, 0.15) is 0 Å². The number of aromatic nitrogens is 1. The fourth-order valence-corrected chi connectivity index (χ4v) is 2.67. The first-order chi connectivity index (χ1) is 9.67. The lowest BCUT2D eigenvalue weighted by atomic mass is 10.1. The third-order valence-corrected chi connectivity index (χ3v) is 3.68. The van der Waals surface area contributed by atoms with Crippen LogP contribution < -0.4 is 0 Å². The van der Waals surface area contributed by atoms with Crippen LogP contribution in [0.15, 0.2) is 30.5 Å². The van der Waals surface area contributed by atoms with Crippen molar-refractivity contribution >= 4 is 16.9 Å². The number of nitriles is 1. The van der Waals surface area contributed by atoms with Crippen LogP contribution in [0.4, 0.5) is 0 Å². The Morgan fingerprint density at radius 3 is 3.00 bits per heavy atom. The van der Waals surface area contributed by atoms with Gasteiger partial charge in [-0.05, 0) is 37.1 Å². The Hall–Kier alpha value is -2.32. The zero-order valence-electron chi connectivity index (χ0n) is 10.8. The lowest BCUT2D eigenvalue weighted by Crippen LogP contribution is -2.22. The number of aliphatic carboxylic acids is 1. The van der Waals surface area contributed by atoms with Crippen molar-refractivity contribution in [1.29, 1.82) is 5.26 Å². The second-order valence-corrected chi connectivity index (χ2v) is 5.02. The van der Waals surface area contributed by atoms with Crippen molar-refractivity contribution < 1.29 is 14.6 Å². The number of carboxylic acid groups (broad SMARTS) is 1. The first-order valence-corrected chi connectivity index (χ1v) is 6.54. The summed E-state index contributed by atoms with van der Waals surface area (Å²) in [6.07, 6.45) is 2.53. The first-order valence-electron chi connectivity index (χ1n) is 6.54. The summed E-state index contributed by atoms with van der Waals surface area (Å²) in [6, 6.07) is 9.63. The van der Waals surface area contributed by atoms with E-state index in [-0.39, 0.29) is 6.10 Å². The molecule has 20 heavy (non-hydrogen) atoms. The standard InChI is InChI=1S/C15H14N2O3/c16-8-10-1-3-13-11(7-10)5-6-17(13)9-12-2-4-14(20-12)15(18)19/h1,3,5-7,12,14H,2,4,9H2,(H,18,19). The van der Waals surface area contributed by atoms with Crippen LogP contribution in [0, 0.1) is 11.3 Å². The summed E-state index contributed by atoms with van der Waals surface area (Å²) < 4.78 is 7.56. The number of ether oxygens (including phenoxy) is 1. The Labute approximate surface area is 116 Å². The molecule has 0 radical (unpaired) electrons. The van der Waals surface area contributed by atoms with E-state index in [1.54, 1.807) is 6.07 Å². The highest BCUT2D eigenvalue weighted by atomic mass is 16.5. The summed E-state index contributed by atoms with van der Waals surface area (Å²) in [6.45, 7) is 0.638. The first kappa shape index (κ1) is 12.7. The Morgan fingerprint density at radius 1 is 1.45 bits per heavy atom. The van der Waals surface area contributed by atoms with Gasteiger partial charge in [-0.25, -0.2) is 4.79 Å². The molecule has 0 amide bonds. The Balaban J connectivity index is 1.79. The third-order valence-electron chi connectivity index (χ3n) is 3.68. The molecule has 1 aliphatic rings. The lowest BCUT2D eigenvalue weighted by Gasteiger charge is -2.13. The summed E-state index contributed by atoms with van der Waals surface area (Å²) in [7, 11) is 0. The maximum absolute atomic E-state index is 10.9. The minimum absolute atomic E-state index is 0.0673. The summed E-state index contributed by atoms with van der Waals surface area (Å²) in [5.41, 5.74) is 1.67. The highest BCUT2D eigenvalue weighted by molar-refractivity contribution is 5.81. The highest BCUT2D eigenvalue weighted by Crippen LogP contribution is 2.24. The molecule has 2 aromatic rings. The number of fused-ring (bicyclic) bond motifs is 1. The average molecular weight is 270 g/mol. The fraction of sp³-hybridized carbons (Fsp3) is 0.333. The molecule has 2 atom stereocenters. The molecule has 1 aromatic carbocycles. The van der Waals surface area contributed by atoms with Gasteiger partial charge in [-0.15, -0.1) is 0 Å². The Kier molecular flexibility index (Phi) is 3.17. The number of benzene rings is 1. The number of hydrogen-bond donors (Lipinski definition) is 1. The summed E-state index contributed by atoms with van der Waals surface area (Å²) >= 11 is 0. The van der Waals surface area contributed by atoms with Gasteiger partial charge >= 0.3 is 5.97 Å². The SMILES string of the molecule is N#Cc1ccc2c(ccn2CC2CCC(C(=O)O)O2)c1. The van der Waals surface area contributed by atoms with Gasteiger partial charge in [0.05, 0.1) is 17.7 Å². The minimum atomic E-state index is -0.886. The largest absolute Gasteiger partial charge is 0.479 e. The highest BCUT2D eigenvalue weighted by Gasteiger charge is 2.30. The number of carbonyl (C=O) groups is 1. The smallest absolute Gasteiger partial charge is 0.332 e. The van der Waals surface area contributed by atoms with Crippen molar-refractivity contribution in [3.63, 3.8) is 0 Å². The van der Waals surface area contributed by atoms with Crippen LogP contribution in [0.1, 0.15) is 18.4 Å². The topological polar surface area (TPSA) is 75.2 Å². The second-order valence-electron chi connectivity index (χ2n) is 5.02. The lowest BCUT2D eigenvalue weighted by molar-refractivity contribution is -0.149. The van der Waals surface area contributed by atoms with Crippen molar-refractivity contribution in [2.45, 2.75) is 31.6 Å². The summed E-state index contributed by atoms with van der Waals surface area (Å²) in [5, 5.41) is 18.8. The summed E-state index contributed by atoms with van der Waals surface area (Å²) in [5.74, 6) is -0.886. The van der Waals surface area contributed by atoms with E-state index < -0.39 is 12.1 Å². The van der Waals surface area contributed by atoms with Crippen LogP contribution >= 0.6 is 0 Å². The molecule has 0 bridgehead atoms. The number of carboxylic acids is 1. The van der Waals surface area contributed by atoms with Gasteiger partial charge in [0.15, 0.2) is 6.10 Å². The second kappa shape index (κ2) is 4.99. The van der Waals surface area contributed by atoms with Crippen molar-refractivity contribution in [1.82, 2.24) is 4.57 Å². The van der Waals surface area contributed by atoms with Gasteiger partial charge in [-0.3, -0.25) is 0 Å².